The topological polar surface area (TPSA) is 141 Å². The van der Waals surface area contributed by atoms with Gasteiger partial charge < -0.3 is 34.3 Å². The van der Waals surface area contributed by atoms with E-state index in [0.29, 0.717) is 17.2 Å². The number of nitrogens with one attached hydrogen (secondary N) is 3. The van der Waals surface area contributed by atoms with E-state index in [-0.39, 0.29) is 30.7 Å². The molecule has 4 bridgehead atoms. The van der Waals surface area contributed by atoms with E-state index in [1.54, 1.807) is 6.20 Å². The molecule has 8 rings (SSSR count). The standard InChI is InChI=1S/C35H30BrN5O6/c1-18(2)26-32-40-28(31-37-13-14-44-31)29(47-32)35-21-9-6-10-23(36)27(21)41-33(35)46-25-12-11-20(15-22(25)35)16-24(30(42)39-26)38-34(43)45-17-19-7-4-3-5-8-19/h3-15,18,24,26,33,41H,16-17H2,1-2H3,(H,38,43)(H,39,42)/t24-,26-,33-,35?/m0/s1. The Labute approximate surface area is 278 Å². The van der Waals surface area contributed by atoms with Crippen molar-refractivity contribution in [2.45, 2.75) is 50.6 Å². The molecule has 3 aliphatic heterocycles. The predicted molar refractivity (Wildman–Crippen MR) is 173 cm³/mol. The quantitative estimate of drug-likeness (QED) is 0.195. The lowest BCUT2D eigenvalue weighted by atomic mass is 9.72. The lowest BCUT2D eigenvalue weighted by molar-refractivity contribution is -0.124. The van der Waals surface area contributed by atoms with Crippen molar-refractivity contribution in [2.24, 2.45) is 5.92 Å². The number of amides is 2. The third-order valence-electron chi connectivity index (χ3n) is 8.95. The van der Waals surface area contributed by atoms with Crippen molar-refractivity contribution in [2.75, 3.05) is 5.32 Å². The molecule has 3 aromatic carbocycles. The minimum atomic E-state index is -0.998. The Morgan fingerprint density at radius 2 is 1.96 bits per heavy atom. The van der Waals surface area contributed by atoms with Crippen molar-refractivity contribution in [3.8, 4) is 17.3 Å². The molecule has 5 heterocycles. The summed E-state index contributed by atoms with van der Waals surface area (Å²) in [4.78, 5) is 36.4. The van der Waals surface area contributed by atoms with Crippen LogP contribution in [0.1, 0.15) is 53.8 Å². The molecule has 4 atom stereocenters. The molecule has 3 N–H and O–H groups in total. The average Bonchev–Trinajstić information content (AvgIpc) is 3.85. The summed E-state index contributed by atoms with van der Waals surface area (Å²) in [6.45, 7) is 4.00. The summed E-state index contributed by atoms with van der Waals surface area (Å²) in [5.74, 6) is 1.16. The zero-order valence-corrected chi connectivity index (χ0v) is 27.0. The predicted octanol–water partition coefficient (Wildman–Crippen LogP) is 6.23. The highest BCUT2D eigenvalue weighted by atomic mass is 79.9. The van der Waals surface area contributed by atoms with Crippen molar-refractivity contribution in [3.63, 3.8) is 0 Å². The molecule has 0 radical (unpaired) electrons. The largest absolute Gasteiger partial charge is 0.469 e. The number of rotatable bonds is 5. The van der Waals surface area contributed by atoms with Crippen molar-refractivity contribution in [3.05, 3.63) is 118 Å². The number of alkyl carbamates (subject to hydrolysis) is 1. The number of fused-ring (bicyclic) bond motifs is 4. The van der Waals surface area contributed by atoms with Crippen LogP contribution in [0.4, 0.5) is 10.5 Å². The summed E-state index contributed by atoms with van der Waals surface area (Å²) in [6.07, 6.45) is 1.95. The van der Waals surface area contributed by atoms with E-state index >= 15 is 0 Å². The first-order valence-electron chi connectivity index (χ1n) is 15.4. The molecule has 2 amide bonds. The Kier molecular flexibility index (Phi) is 7.05. The summed E-state index contributed by atoms with van der Waals surface area (Å²) >= 11 is 3.72. The normalized spacial score (nSPS) is 22.2. The highest BCUT2D eigenvalue weighted by molar-refractivity contribution is 9.10. The molecule has 0 saturated carbocycles. The fraction of sp³-hybridized carbons (Fsp3) is 0.257. The van der Waals surface area contributed by atoms with Gasteiger partial charge in [-0.05, 0) is 45.1 Å². The van der Waals surface area contributed by atoms with Gasteiger partial charge in [0.1, 0.15) is 36.1 Å². The number of carbonyl (C=O) groups excluding carboxylic acids is 2. The Bertz CT molecular complexity index is 1990. The van der Waals surface area contributed by atoms with Gasteiger partial charge in [0, 0.05) is 22.0 Å². The highest BCUT2D eigenvalue weighted by Crippen LogP contribution is 2.60. The fourth-order valence-corrected chi connectivity index (χ4v) is 7.21. The zero-order valence-electron chi connectivity index (χ0n) is 25.5. The first kappa shape index (κ1) is 29.3. The lowest BCUT2D eigenvalue weighted by Crippen LogP contribution is -2.49. The monoisotopic (exact) mass is 695 g/mol. The molecule has 2 aromatic heterocycles. The SMILES string of the molecule is CC(C)[C@@H]1NC(=O)[C@@H](NC(=O)OCc2ccccc2)Cc2ccc3c(c2)C2(c4cccc(Br)c4N[C@H]2O3)c2oc1nc2-c1ncco1. The van der Waals surface area contributed by atoms with E-state index in [2.05, 4.69) is 36.9 Å². The Morgan fingerprint density at radius 3 is 2.74 bits per heavy atom. The van der Waals surface area contributed by atoms with Crippen LogP contribution in [0.25, 0.3) is 11.6 Å². The Balaban J connectivity index is 1.28. The van der Waals surface area contributed by atoms with Crippen molar-refractivity contribution >= 4 is 33.6 Å². The van der Waals surface area contributed by atoms with Gasteiger partial charge in [-0.25, -0.2) is 14.8 Å². The van der Waals surface area contributed by atoms with Crippen LogP contribution < -0.4 is 20.7 Å². The molecule has 47 heavy (non-hydrogen) atoms. The highest BCUT2D eigenvalue weighted by Gasteiger charge is 2.61. The molecular formula is C35H30BrN5O6. The molecule has 0 saturated heterocycles. The van der Waals surface area contributed by atoms with E-state index < -0.39 is 35.7 Å². The molecule has 3 aliphatic rings. The van der Waals surface area contributed by atoms with Crippen LogP contribution in [0.2, 0.25) is 0 Å². The van der Waals surface area contributed by atoms with Crippen LogP contribution in [-0.2, 0) is 28.0 Å². The van der Waals surface area contributed by atoms with Crippen molar-refractivity contribution < 1.29 is 27.9 Å². The molecular weight excluding hydrogens is 666 g/mol. The van der Waals surface area contributed by atoms with Gasteiger partial charge in [0.15, 0.2) is 17.7 Å². The fourth-order valence-electron chi connectivity index (χ4n) is 6.73. The molecule has 0 fully saturated rings. The number of aromatic nitrogens is 2. The maximum Gasteiger partial charge on any atom is 0.408 e. The molecule has 1 unspecified atom stereocenters. The number of anilines is 1. The summed E-state index contributed by atoms with van der Waals surface area (Å²) in [5.41, 5.74) is 3.66. The maximum absolute atomic E-state index is 14.0. The second-order valence-electron chi connectivity index (χ2n) is 12.2. The van der Waals surface area contributed by atoms with Gasteiger partial charge >= 0.3 is 6.09 Å². The third-order valence-corrected chi connectivity index (χ3v) is 9.61. The lowest BCUT2D eigenvalue weighted by Gasteiger charge is -2.28. The number of carbonyl (C=O) groups is 2. The van der Waals surface area contributed by atoms with Crippen LogP contribution >= 0.6 is 15.9 Å². The minimum absolute atomic E-state index is 0.0698. The summed E-state index contributed by atoms with van der Waals surface area (Å²) in [5, 5.41) is 9.47. The molecule has 11 nitrogen and oxygen atoms in total. The van der Waals surface area contributed by atoms with E-state index in [4.69, 9.17) is 23.3 Å². The van der Waals surface area contributed by atoms with Crippen LogP contribution in [0.5, 0.6) is 5.75 Å². The van der Waals surface area contributed by atoms with Crippen LogP contribution in [0.15, 0.2) is 92.5 Å². The minimum Gasteiger partial charge on any atom is -0.469 e. The van der Waals surface area contributed by atoms with Crippen LogP contribution in [0.3, 0.4) is 0 Å². The van der Waals surface area contributed by atoms with Gasteiger partial charge in [-0.15, -0.1) is 0 Å². The second-order valence-corrected chi connectivity index (χ2v) is 13.1. The van der Waals surface area contributed by atoms with E-state index in [9.17, 15) is 9.59 Å². The molecule has 12 heteroatoms. The van der Waals surface area contributed by atoms with E-state index in [0.717, 1.165) is 32.4 Å². The van der Waals surface area contributed by atoms with Gasteiger partial charge in [-0.3, -0.25) is 4.79 Å². The molecule has 238 valence electrons. The second kappa shape index (κ2) is 11.3. The number of ether oxygens (including phenoxy) is 2. The number of hydrogen-bond acceptors (Lipinski definition) is 9. The average molecular weight is 697 g/mol. The number of benzene rings is 3. The summed E-state index contributed by atoms with van der Waals surface area (Å²) in [6, 6.07) is 19.5. The smallest absolute Gasteiger partial charge is 0.408 e. The number of hydrogen-bond donors (Lipinski definition) is 3. The van der Waals surface area contributed by atoms with Gasteiger partial charge in [-0.1, -0.05) is 68.4 Å². The molecule has 5 aromatic rings. The first-order chi connectivity index (χ1) is 22.8. The van der Waals surface area contributed by atoms with Gasteiger partial charge in [-0.2, -0.15) is 0 Å². The number of halogens is 1. The molecule has 0 aliphatic carbocycles. The van der Waals surface area contributed by atoms with Gasteiger partial charge in [0.05, 0.1) is 11.9 Å². The van der Waals surface area contributed by atoms with Crippen LogP contribution in [0, 0.1) is 5.92 Å². The number of nitrogens with zero attached hydrogens (tertiary/aromatic N) is 2. The summed E-state index contributed by atoms with van der Waals surface area (Å²) in [7, 11) is 0. The molecule has 1 spiro atoms. The number of para-hydroxylation sites is 1. The maximum atomic E-state index is 14.0. The zero-order chi connectivity index (χ0) is 32.3. The van der Waals surface area contributed by atoms with Crippen LogP contribution in [-0.4, -0.2) is 34.2 Å². The van der Waals surface area contributed by atoms with E-state index in [1.807, 2.05) is 80.6 Å². The van der Waals surface area contributed by atoms with Gasteiger partial charge in [0.2, 0.25) is 17.7 Å². The van der Waals surface area contributed by atoms with E-state index in [1.165, 1.54) is 6.26 Å². The Morgan fingerprint density at radius 1 is 1.11 bits per heavy atom. The number of oxazole rings is 2. The van der Waals surface area contributed by atoms with Gasteiger partial charge in [0.25, 0.3) is 0 Å². The summed E-state index contributed by atoms with van der Waals surface area (Å²) < 4.78 is 25.6. The Hall–Kier alpha value is -5.10. The van der Waals surface area contributed by atoms with Crippen molar-refractivity contribution in [1.82, 2.24) is 20.6 Å². The first-order valence-corrected chi connectivity index (χ1v) is 16.2. The third kappa shape index (κ3) is 4.77. The van der Waals surface area contributed by atoms with Crippen molar-refractivity contribution in [1.29, 1.82) is 0 Å².